The second-order valence-electron chi connectivity index (χ2n) is 5.94. The minimum atomic E-state index is 0.563. The molecule has 2 atom stereocenters. The maximum Gasteiger partial charge on any atom is 0.0588 e. The zero-order valence-corrected chi connectivity index (χ0v) is 10.9. The highest BCUT2D eigenvalue weighted by molar-refractivity contribution is 4.87. The van der Waals surface area contributed by atoms with Gasteiger partial charge in [-0.2, -0.15) is 0 Å². The fraction of sp³-hybridized carbons (Fsp3) is 1.00. The van der Waals surface area contributed by atoms with Crippen molar-refractivity contribution in [2.75, 3.05) is 26.2 Å². The summed E-state index contributed by atoms with van der Waals surface area (Å²) in [5.74, 6) is 0. The molecule has 0 aromatic carbocycles. The highest BCUT2D eigenvalue weighted by Gasteiger charge is 2.28. The Morgan fingerprint density at radius 2 is 2.06 bits per heavy atom. The van der Waals surface area contributed by atoms with Crippen molar-refractivity contribution in [1.82, 2.24) is 10.2 Å². The van der Waals surface area contributed by atoms with Crippen LogP contribution in [0.15, 0.2) is 0 Å². The first-order chi connectivity index (χ1) is 8.42. The summed E-state index contributed by atoms with van der Waals surface area (Å²) in [5.41, 5.74) is 0. The Balaban J connectivity index is 1.37. The first-order valence-electron chi connectivity index (χ1n) is 7.51. The van der Waals surface area contributed by atoms with E-state index in [-0.39, 0.29) is 0 Å². The van der Waals surface area contributed by atoms with Crippen molar-refractivity contribution in [1.29, 1.82) is 0 Å². The maximum atomic E-state index is 5.71. The number of likely N-dealkylation sites (tertiary alicyclic amines) is 1. The summed E-state index contributed by atoms with van der Waals surface area (Å²) in [6.45, 7) is 4.78. The number of hydrogen-bond donors (Lipinski definition) is 1. The molecule has 0 aromatic heterocycles. The van der Waals surface area contributed by atoms with E-state index >= 15 is 0 Å². The van der Waals surface area contributed by atoms with Crippen LogP contribution in [0.25, 0.3) is 0 Å². The Hall–Kier alpha value is -0.120. The summed E-state index contributed by atoms with van der Waals surface area (Å²) in [6, 6.07) is 1.66. The van der Waals surface area contributed by atoms with Crippen molar-refractivity contribution < 1.29 is 4.74 Å². The lowest BCUT2D eigenvalue weighted by atomic mass is 10.1. The average Bonchev–Trinajstić information content (AvgIpc) is 2.86. The topological polar surface area (TPSA) is 24.5 Å². The molecule has 3 rings (SSSR count). The SMILES string of the molecule is C1COC(CCN2CCCC2CNC2CC2)C1. The third-order valence-corrected chi connectivity index (χ3v) is 4.48. The molecule has 1 N–H and O–H groups in total. The highest BCUT2D eigenvalue weighted by atomic mass is 16.5. The van der Waals surface area contributed by atoms with Crippen molar-refractivity contribution in [3.63, 3.8) is 0 Å². The molecule has 3 nitrogen and oxygen atoms in total. The molecule has 0 amide bonds. The average molecular weight is 238 g/mol. The van der Waals surface area contributed by atoms with Gasteiger partial charge < -0.3 is 10.1 Å². The van der Waals surface area contributed by atoms with Gasteiger partial charge in [-0.05, 0) is 51.5 Å². The standard InChI is InChI=1S/C14H26N2O/c1-3-13(11-15-12-5-6-12)16(8-1)9-7-14-4-2-10-17-14/h12-15H,1-11H2. The van der Waals surface area contributed by atoms with Crippen LogP contribution < -0.4 is 5.32 Å². The minimum absolute atomic E-state index is 0.563. The number of nitrogens with one attached hydrogen (secondary N) is 1. The second kappa shape index (κ2) is 5.68. The minimum Gasteiger partial charge on any atom is -0.378 e. The van der Waals surface area contributed by atoms with E-state index < -0.39 is 0 Å². The fourth-order valence-electron chi connectivity index (χ4n) is 3.19. The van der Waals surface area contributed by atoms with Crippen LogP contribution in [0.4, 0.5) is 0 Å². The summed E-state index contributed by atoms with van der Waals surface area (Å²) < 4.78 is 5.71. The zero-order valence-electron chi connectivity index (χ0n) is 10.9. The van der Waals surface area contributed by atoms with Crippen molar-refractivity contribution in [2.45, 2.75) is 63.1 Å². The first kappa shape index (κ1) is 11.9. The Morgan fingerprint density at radius 1 is 1.12 bits per heavy atom. The van der Waals surface area contributed by atoms with Gasteiger partial charge in [0.05, 0.1) is 6.10 Å². The zero-order chi connectivity index (χ0) is 11.5. The smallest absolute Gasteiger partial charge is 0.0588 e. The van der Waals surface area contributed by atoms with Crippen LogP contribution in [0.3, 0.4) is 0 Å². The van der Waals surface area contributed by atoms with Crippen LogP contribution in [-0.2, 0) is 4.74 Å². The molecule has 0 bridgehead atoms. The predicted molar refractivity (Wildman–Crippen MR) is 69.2 cm³/mol. The van der Waals surface area contributed by atoms with Gasteiger partial charge >= 0.3 is 0 Å². The lowest BCUT2D eigenvalue weighted by Crippen LogP contribution is -2.39. The molecule has 0 radical (unpaired) electrons. The van der Waals surface area contributed by atoms with Crippen LogP contribution in [0.5, 0.6) is 0 Å². The molecule has 2 heterocycles. The van der Waals surface area contributed by atoms with E-state index in [9.17, 15) is 0 Å². The lowest BCUT2D eigenvalue weighted by Gasteiger charge is -2.25. The third-order valence-electron chi connectivity index (χ3n) is 4.48. The Kier molecular flexibility index (Phi) is 3.99. The fourth-order valence-corrected chi connectivity index (χ4v) is 3.19. The van der Waals surface area contributed by atoms with E-state index in [1.165, 1.54) is 64.6 Å². The van der Waals surface area contributed by atoms with Gasteiger partial charge in [0.25, 0.3) is 0 Å². The van der Waals surface area contributed by atoms with E-state index in [0.717, 1.165) is 18.7 Å². The molecule has 0 spiro atoms. The van der Waals surface area contributed by atoms with E-state index in [2.05, 4.69) is 10.2 Å². The quantitative estimate of drug-likeness (QED) is 0.763. The Morgan fingerprint density at radius 3 is 2.82 bits per heavy atom. The molecule has 17 heavy (non-hydrogen) atoms. The molecule has 2 aliphatic heterocycles. The molecule has 0 aromatic rings. The molecule has 2 saturated heterocycles. The molecule has 3 aliphatic rings. The molecule has 3 fully saturated rings. The third kappa shape index (κ3) is 3.43. The highest BCUT2D eigenvalue weighted by Crippen LogP contribution is 2.23. The first-order valence-corrected chi connectivity index (χ1v) is 7.51. The molecular weight excluding hydrogens is 212 g/mol. The summed E-state index contributed by atoms with van der Waals surface area (Å²) in [6.07, 6.45) is 9.97. The van der Waals surface area contributed by atoms with Gasteiger partial charge in [-0.15, -0.1) is 0 Å². The molecule has 1 saturated carbocycles. The second-order valence-corrected chi connectivity index (χ2v) is 5.94. The maximum absolute atomic E-state index is 5.71. The van der Waals surface area contributed by atoms with E-state index in [4.69, 9.17) is 4.74 Å². The van der Waals surface area contributed by atoms with Gasteiger partial charge in [0.15, 0.2) is 0 Å². The van der Waals surface area contributed by atoms with Gasteiger partial charge in [-0.3, -0.25) is 4.90 Å². The Labute approximate surface area is 105 Å². The van der Waals surface area contributed by atoms with E-state index in [1.807, 2.05) is 0 Å². The largest absolute Gasteiger partial charge is 0.378 e. The van der Waals surface area contributed by atoms with Crippen LogP contribution in [-0.4, -0.2) is 49.3 Å². The van der Waals surface area contributed by atoms with Crippen molar-refractivity contribution in [3.05, 3.63) is 0 Å². The summed E-state index contributed by atoms with van der Waals surface area (Å²) >= 11 is 0. The van der Waals surface area contributed by atoms with Crippen molar-refractivity contribution in [3.8, 4) is 0 Å². The molecule has 3 heteroatoms. The Bertz CT molecular complexity index is 236. The lowest BCUT2D eigenvalue weighted by molar-refractivity contribution is 0.0900. The molecule has 1 aliphatic carbocycles. The summed E-state index contributed by atoms with van der Waals surface area (Å²) in [5, 5.41) is 3.68. The van der Waals surface area contributed by atoms with Crippen LogP contribution >= 0.6 is 0 Å². The van der Waals surface area contributed by atoms with Crippen molar-refractivity contribution in [2.24, 2.45) is 0 Å². The number of rotatable bonds is 6. The summed E-state index contributed by atoms with van der Waals surface area (Å²) in [4.78, 5) is 2.69. The van der Waals surface area contributed by atoms with Crippen LogP contribution in [0.1, 0.15) is 44.9 Å². The molecule has 98 valence electrons. The monoisotopic (exact) mass is 238 g/mol. The van der Waals surface area contributed by atoms with E-state index in [0.29, 0.717) is 6.10 Å². The van der Waals surface area contributed by atoms with Gasteiger partial charge in [-0.1, -0.05) is 0 Å². The number of nitrogens with zero attached hydrogens (tertiary/aromatic N) is 1. The number of hydrogen-bond acceptors (Lipinski definition) is 3. The van der Waals surface area contributed by atoms with Gasteiger partial charge in [0.2, 0.25) is 0 Å². The van der Waals surface area contributed by atoms with Gasteiger partial charge in [0.1, 0.15) is 0 Å². The van der Waals surface area contributed by atoms with Crippen LogP contribution in [0.2, 0.25) is 0 Å². The number of ether oxygens (including phenoxy) is 1. The van der Waals surface area contributed by atoms with E-state index in [1.54, 1.807) is 0 Å². The predicted octanol–water partition coefficient (Wildman–Crippen LogP) is 1.77. The molecule has 2 unspecified atom stereocenters. The van der Waals surface area contributed by atoms with Gasteiger partial charge in [0, 0.05) is 31.8 Å². The molecular formula is C14H26N2O. The van der Waals surface area contributed by atoms with Gasteiger partial charge in [-0.25, -0.2) is 0 Å². The normalized spacial score (nSPS) is 34.6. The van der Waals surface area contributed by atoms with Crippen LogP contribution in [0, 0.1) is 0 Å². The summed E-state index contributed by atoms with van der Waals surface area (Å²) in [7, 11) is 0. The van der Waals surface area contributed by atoms with Crippen molar-refractivity contribution >= 4 is 0 Å².